The van der Waals surface area contributed by atoms with Gasteiger partial charge in [0.1, 0.15) is 0 Å². The van der Waals surface area contributed by atoms with Crippen molar-refractivity contribution in [3.05, 3.63) is 51.8 Å². The number of nitrogens with one attached hydrogen (secondary N) is 1. The third kappa shape index (κ3) is 3.75. The Labute approximate surface area is 157 Å². The van der Waals surface area contributed by atoms with Gasteiger partial charge in [-0.15, -0.1) is 0 Å². The van der Waals surface area contributed by atoms with Crippen LogP contribution in [0.5, 0.6) is 0 Å². The molecule has 1 aliphatic rings. The van der Waals surface area contributed by atoms with Crippen molar-refractivity contribution >= 4 is 23.5 Å². The van der Waals surface area contributed by atoms with Crippen LogP contribution in [0.1, 0.15) is 46.6 Å². The Kier molecular flexibility index (Phi) is 5.32. The first-order valence-corrected chi connectivity index (χ1v) is 9.05. The molecule has 0 unspecified atom stereocenters. The van der Waals surface area contributed by atoms with Crippen molar-refractivity contribution in [2.75, 3.05) is 0 Å². The fourth-order valence-corrected chi connectivity index (χ4v) is 3.76. The van der Waals surface area contributed by atoms with E-state index in [4.69, 9.17) is 16.7 Å². The molecule has 0 aliphatic heterocycles. The maximum absolute atomic E-state index is 12.7. The van der Waals surface area contributed by atoms with E-state index >= 15 is 0 Å². The molecule has 1 heterocycles. The first kappa shape index (κ1) is 18.5. The van der Waals surface area contributed by atoms with Crippen molar-refractivity contribution in [1.82, 2.24) is 15.1 Å². The zero-order valence-corrected chi connectivity index (χ0v) is 15.6. The van der Waals surface area contributed by atoms with Gasteiger partial charge in [-0.1, -0.05) is 29.8 Å². The second-order valence-electron chi connectivity index (χ2n) is 6.81. The van der Waals surface area contributed by atoms with Crippen LogP contribution in [0.15, 0.2) is 24.3 Å². The third-order valence-corrected chi connectivity index (χ3v) is 5.37. The van der Waals surface area contributed by atoms with E-state index in [1.54, 1.807) is 11.6 Å². The predicted octanol–water partition coefficient (Wildman–Crippen LogP) is 3.18. The molecule has 26 heavy (non-hydrogen) atoms. The zero-order valence-electron chi connectivity index (χ0n) is 14.8. The van der Waals surface area contributed by atoms with E-state index in [0.717, 1.165) is 11.3 Å². The molecule has 1 aromatic carbocycles. The summed E-state index contributed by atoms with van der Waals surface area (Å²) in [5, 5.41) is 17.2. The Balaban J connectivity index is 1.74. The van der Waals surface area contributed by atoms with Crippen LogP contribution in [0.25, 0.3) is 0 Å². The number of benzene rings is 1. The fourth-order valence-electron chi connectivity index (χ4n) is 3.56. The van der Waals surface area contributed by atoms with Gasteiger partial charge in [0, 0.05) is 16.8 Å². The molecule has 6 nitrogen and oxygen atoms in total. The maximum Gasteiger partial charge on any atom is 0.306 e. The molecule has 0 spiro atoms. The number of carboxylic acid groups (broad SMARTS) is 1. The molecule has 1 aromatic heterocycles. The molecule has 0 bridgehead atoms. The number of rotatable bonds is 5. The average molecular weight is 376 g/mol. The largest absolute Gasteiger partial charge is 0.481 e. The summed E-state index contributed by atoms with van der Waals surface area (Å²) in [6, 6.07) is 7.45. The summed E-state index contributed by atoms with van der Waals surface area (Å²) in [5.74, 6) is -1.35. The van der Waals surface area contributed by atoms with Crippen LogP contribution < -0.4 is 5.32 Å². The molecular weight excluding hydrogens is 354 g/mol. The highest BCUT2D eigenvalue weighted by Crippen LogP contribution is 2.26. The Morgan fingerprint density at radius 2 is 2.04 bits per heavy atom. The highest BCUT2D eigenvalue weighted by Gasteiger charge is 2.31. The number of amides is 1. The molecular formula is C19H22ClN3O3. The first-order valence-electron chi connectivity index (χ1n) is 8.68. The van der Waals surface area contributed by atoms with Gasteiger partial charge in [-0.05, 0) is 44.7 Å². The summed E-state index contributed by atoms with van der Waals surface area (Å²) in [5.41, 5.74) is 2.91. The monoisotopic (exact) mass is 375 g/mol. The van der Waals surface area contributed by atoms with Gasteiger partial charge in [0.2, 0.25) is 0 Å². The quantitative estimate of drug-likeness (QED) is 0.840. The van der Waals surface area contributed by atoms with Gasteiger partial charge in [0.05, 0.1) is 23.7 Å². The molecule has 1 amide bonds. The molecule has 2 atom stereocenters. The number of halogens is 1. The summed E-state index contributed by atoms with van der Waals surface area (Å²) < 4.78 is 1.78. The minimum absolute atomic E-state index is 0.102. The van der Waals surface area contributed by atoms with Crippen molar-refractivity contribution in [2.24, 2.45) is 5.92 Å². The van der Waals surface area contributed by atoms with Crippen LogP contribution in [-0.2, 0) is 11.3 Å². The maximum atomic E-state index is 12.7. The van der Waals surface area contributed by atoms with Gasteiger partial charge >= 0.3 is 5.97 Å². The van der Waals surface area contributed by atoms with Crippen molar-refractivity contribution < 1.29 is 14.7 Å². The smallest absolute Gasteiger partial charge is 0.306 e. The lowest BCUT2D eigenvalue weighted by Gasteiger charge is -2.13. The number of aromatic nitrogens is 2. The molecule has 7 heteroatoms. The van der Waals surface area contributed by atoms with Gasteiger partial charge in [0.25, 0.3) is 5.91 Å². The Morgan fingerprint density at radius 3 is 2.69 bits per heavy atom. The number of hydrogen-bond acceptors (Lipinski definition) is 3. The molecule has 0 saturated heterocycles. The van der Waals surface area contributed by atoms with Crippen LogP contribution in [0.4, 0.5) is 0 Å². The molecule has 1 aliphatic carbocycles. The lowest BCUT2D eigenvalue weighted by atomic mass is 10.1. The van der Waals surface area contributed by atoms with E-state index in [-0.39, 0.29) is 17.9 Å². The third-order valence-electron chi connectivity index (χ3n) is 5.00. The van der Waals surface area contributed by atoms with Gasteiger partial charge in [-0.25, -0.2) is 0 Å². The number of hydrogen-bond donors (Lipinski definition) is 2. The average Bonchev–Trinajstić information content (AvgIpc) is 3.15. The van der Waals surface area contributed by atoms with Crippen LogP contribution in [0.2, 0.25) is 5.02 Å². The standard InChI is InChI=1S/C19H22ClN3O3/c1-11-17(18(24)21-15-8-7-13(9-15)19(25)26)12(2)23(22-11)10-14-5-3-4-6-16(14)20/h3-6,13,15H,7-10H2,1-2H3,(H,21,24)(H,25,26)/t13-,15+/m0/s1. The summed E-state index contributed by atoms with van der Waals surface area (Å²) in [6.45, 7) is 4.16. The molecule has 0 radical (unpaired) electrons. The topological polar surface area (TPSA) is 84.2 Å². The van der Waals surface area contributed by atoms with Crippen molar-refractivity contribution in [1.29, 1.82) is 0 Å². The van der Waals surface area contributed by atoms with E-state index in [0.29, 0.717) is 42.1 Å². The number of carbonyl (C=O) groups excluding carboxylic acids is 1. The summed E-state index contributed by atoms with van der Waals surface area (Å²) in [6.07, 6.45) is 1.77. The molecule has 2 aromatic rings. The fraction of sp³-hybridized carbons (Fsp3) is 0.421. The Bertz CT molecular complexity index is 847. The number of aryl methyl sites for hydroxylation is 1. The predicted molar refractivity (Wildman–Crippen MR) is 98.5 cm³/mol. The lowest BCUT2D eigenvalue weighted by molar-refractivity contribution is -0.141. The first-order chi connectivity index (χ1) is 12.4. The molecule has 3 rings (SSSR count). The molecule has 1 fully saturated rings. The molecule has 138 valence electrons. The second kappa shape index (κ2) is 7.50. The van der Waals surface area contributed by atoms with Gasteiger partial charge in [0.15, 0.2) is 0 Å². The van der Waals surface area contributed by atoms with Crippen LogP contribution in [-0.4, -0.2) is 32.8 Å². The number of aliphatic carboxylic acids is 1. The number of nitrogens with zero attached hydrogens (tertiary/aromatic N) is 2. The van der Waals surface area contributed by atoms with Gasteiger partial charge in [-0.2, -0.15) is 5.10 Å². The van der Waals surface area contributed by atoms with Crippen LogP contribution in [0, 0.1) is 19.8 Å². The summed E-state index contributed by atoms with van der Waals surface area (Å²) in [7, 11) is 0. The lowest BCUT2D eigenvalue weighted by Crippen LogP contribution is -2.34. The van der Waals surface area contributed by atoms with Crippen LogP contribution >= 0.6 is 11.6 Å². The van der Waals surface area contributed by atoms with E-state index < -0.39 is 5.97 Å². The highest BCUT2D eigenvalue weighted by atomic mass is 35.5. The minimum Gasteiger partial charge on any atom is -0.481 e. The van der Waals surface area contributed by atoms with Crippen molar-refractivity contribution in [3.8, 4) is 0 Å². The van der Waals surface area contributed by atoms with Crippen molar-refractivity contribution in [3.63, 3.8) is 0 Å². The SMILES string of the molecule is Cc1nn(Cc2ccccc2Cl)c(C)c1C(=O)N[C@@H]1CC[C@H](C(=O)O)C1. The minimum atomic E-state index is -0.790. The zero-order chi connectivity index (χ0) is 18.8. The van der Waals surface area contributed by atoms with Gasteiger partial charge in [-0.3, -0.25) is 14.3 Å². The molecule has 2 N–H and O–H groups in total. The van der Waals surface area contributed by atoms with Crippen molar-refractivity contribution in [2.45, 2.75) is 45.7 Å². The number of carboxylic acids is 1. The molecule has 1 saturated carbocycles. The van der Waals surface area contributed by atoms with Crippen LogP contribution in [0.3, 0.4) is 0 Å². The summed E-state index contributed by atoms with van der Waals surface area (Å²) >= 11 is 6.22. The van der Waals surface area contributed by atoms with Gasteiger partial charge < -0.3 is 10.4 Å². The summed E-state index contributed by atoms with van der Waals surface area (Å²) in [4.78, 5) is 23.8. The Morgan fingerprint density at radius 1 is 1.31 bits per heavy atom. The highest BCUT2D eigenvalue weighted by molar-refractivity contribution is 6.31. The van der Waals surface area contributed by atoms with E-state index in [1.807, 2.05) is 31.2 Å². The normalized spacial score (nSPS) is 19.5. The van der Waals surface area contributed by atoms with E-state index in [1.165, 1.54) is 0 Å². The van der Waals surface area contributed by atoms with E-state index in [9.17, 15) is 9.59 Å². The second-order valence-corrected chi connectivity index (χ2v) is 7.22. The Hall–Kier alpha value is -2.34. The number of carbonyl (C=O) groups is 2. The van der Waals surface area contributed by atoms with E-state index in [2.05, 4.69) is 10.4 Å².